The summed E-state index contributed by atoms with van der Waals surface area (Å²) >= 11 is 7.65. The Hall–Kier alpha value is -2.65. The molecule has 1 aromatic carbocycles. The van der Waals surface area contributed by atoms with Gasteiger partial charge in [0, 0.05) is 42.5 Å². The van der Waals surface area contributed by atoms with Gasteiger partial charge in [-0.15, -0.1) is 11.3 Å². The third-order valence-corrected chi connectivity index (χ3v) is 8.62. The van der Waals surface area contributed by atoms with E-state index in [2.05, 4.69) is 5.32 Å². The minimum atomic E-state index is -1.25. The molecule has 1 aliphatic carbocycles. The highest BCUT2D eigenvalue weighted by Gasteiger charge is 2.48. The molecule has 1 heterocycles. The van der Waals surface area contributed by atoms with E-state index in [-0.39, 0.29) is 18.9 Å². The van der Waals surface area contributed by atoms with E-state index in [1.807, 2.05) is 74.2 Å². The molecule has 2 amide bonds. The van der Waals surface area contributed by atoms with Crippen LogP contribution in [0.25, 0.3) is 0 Å². The molecule has 1 aromatic heterocycles. The van der Waals surface area contributed by atoms with Crippen LogP contribution in [0.5, 0.6) is 5.75 Å². The molecule has 0 radical (unpaired) electrons. The molecule has 4 N–H and O–H groups in total. The van der Waals surface area contributed by atoms with E-state index in [1.165, 1.54) is 11.3 Å². The molecule has 218 valence electrons. The van der Waals surface area contributed by atoms with E-state index in [9.17, 15) is 14.7 Å². The molecule has 0 saturated heterocycles. The van der Waals surface area contributed by atoms with E-state index in [0.717, 1.165) is 34.6 Å². The van der Waals surface area contributed by atoms with Crippen molar-refractivity contribution < 1.29 is 19.4 Å². The van der Waals surface area contributed by atoms with Gasteiger partial charge in [0.1, 0.15) is 5.75 Å². The van der Waals surface area contributed by atoms with Gasteiger partial charge in [-0.1, -0.05) is 55.3 Å². The molecule has 7 nitrogen and oxygen atoms in total. The van der Waals surface area contributed by atoms with Crippen molar-refractivity contribution in [2.75, 3.05) is 26.7 Å². The number of benzene rings is 1. The standard InChI is InChI=1S/C31H42ClN3O4S/c1-5-12-35(13-6-2)29(37)23-14-21(3)17-31(18-23,30(33)38)26(16-25-10-11-28(32)40-25)27(36)20-34-19-22-8-7-9-24(15-22)39-4/h7-11,14-15,17,26-27,34,36H,5-6,12-13,16,18-20H2,1-4H3,(H2,33,38)/t26-,27+,31?/m1/s1. The van der Waals surface area contributed by atoms with Crippen molar-refractivity contribution in [3.63, 3.8) is 0 Å². The van der Waals surface area contributed by atoms with Crippen LogP contribution in [0.1, 0.15) is 50.5 Å². The van der Waals surface area contributed by atoms with E-state index in [0.29, 0.717) is 36.0 Å². The summed E-state index contributed by atoms with van der Waals surface area (Å²) in [7, 11) is 1.62. The first kappa shape index (κ1) is 31.9. The molecule has 0 aliphatic heterocycles. The first-order valence-electron chi connectivity index (χ1n) is 13.9. The number of nitrogens with one attached hydrogen (secondary N) is 1. The first-order chi connectivity index (χ1) is 19.1. The lowest BCUT2D eigenvalue weighted by molar-refractivity contribution is -0.132. The first-order valence-corrected chi connectivity index (χ1v) is 15.1. The van der Waals surface area contributed by atoms with Crippen LogP contribution < -0.4 is 15.8 Å². The fourth-order valence-electron chi connectivity index (χ4n) is 5.54. The predicted octanol–water partition coefficient (Wildman–Crippen LogP) is 5.12. The van der Waals surface area contributed by atoms with Gasteiger partial charge in [0.25, 0.3) is 0 Å². The van der Waals surface area contributed by atoms with Crippen LogP contribution in [0.2, 0.25) is 4.34 Å². The summed E-state index contributed by atoms with van der Waals surface area (Å²) in [4.78, 5) is 29.8. The monoisotopic (exact) mass is 587 g/mol. The summed E-state index contributed by atoms with van der Waals surface area (Å²) in [6.45, 7) is 7.99. The van der Waals surface area contributed by atoms with Crippen molar-refractivity contribution in [1.29, 1.82) is 0 Å². The summed E-state index contributed by atoms with van der Waals surface area (Å²) in [5, 5.41) is 15.0. The van der Waals surface area contributed by atoms with Crippen LogP contribution in [0, 0.1) is 11.3 Å². The maximum absolute atomic E-state index is 13.6. The number of methoxy groups -OCH3 is 1. The maximum Gasteiger partial charge on any atom is 0.249 e. The summed E-state index contributed by atoms with van der Waals surface area (Å²) in [5.41, 5.74) is 7.26. The molecule has 3 rings (SSSR count). The minimum Gasteiger partial charge on any atom is -0.497 e. The zero-order chi connectivity index (χ0) is 29.3. The SMILES string of the molecule is CCCN(CCC)C(=O)C1=CC(C)=CC(C(N)=O)([C@H](Cc2ccc(Cl)s2)[C@@H](O)CNCc2cccc(OC)c2)C1. The molecular formula is C31H42ClN3O4S. The molecule has 40 heavy (non-hydrogen) atoms. The fourth-order valence-corrected chi connectivity index (χ4v) is 6.69. The number of aliphatic hydroxyl groups is 1. The molecule has 0 fully saturated rings. The van der Waals surface area contributed by atoms with Crippen molar-refractivity contribution in [2.24, 2.45) is 17.1 Å². The molecular weight excluding hydrogens is 546 g/mol. The number of allylic oxidation sites excluding steroid dienone is 2. The van der Waals surface area contributed by atoms with Crippen molar-refractivity contribution in [2.45, 2.75) is 59.1 Å². The number of amides is 2. The van der Waals surface area contributed by atoms with Gasteiger partial charge < -0.3 is 25.8 Å². The second-order valence-electron chi connectivity index (χ2n) is 10.5. The number of halogens is 1. The minimum absolute atomic E-state index is 0.0784. The highest BCUT2D eigenvalue weighted by Crippen LogP contribution is 2.45. The van der Waals surface area contributed by atoms with Gasteiger partial charge in [0.05, 0.1) is 23.0 Å². The molecule has 1 unspecified atom stereocenters. The summed E-state index contributed by atoms with van der Waals surface area (Å²) in [6.07, 6.45) is 4.98. The van der Waals surface area contributed by atoms with E-state index in [4.69, 9.17) is 22.1 Å². The van der Waals surface area contributed by atoms with Gasteiger partial charge in [-0.2, -0.15) is 0 Å². The number of primary amides is 1. The Morgan fingerprint density at radius 3 is 2.55 bits per heavy atom. The smallest absolute Gasteiger partial charge is 0.249 e. The van der Waals surface area contributed by atoms with Crippen LogP contribution in [0.4, 0.5) is 0 Å². The van der Waals surface area contributed by atoms with Crippen LogP contribution in [0.15, 0.2) is 59.7 Å². The van der Waals surface area contributed by atoms with Crippen molar-refractivity contribution in [3.8, 4) is 5.75 Å². The number of hydrogen-bond acceptors (Lipinski definition) is 6. The number of carbonyl (C=O) groups excluding carboxylic acids is 2. The number of hydrogen-bond donors (Lipinski definition) is 3. The number of nitrogens with zero attached hydrogens (tertiary/aromatic N) is 1. The lowest BCUT2D eigenvalue weighted by atomic mass is 9.64. The van der Waals surface area contributed by atoms with Gasteiger partial charge in [-0.05, 0) is 62.4 Å². The molecule has 9 heteroatoms. The molecule has 0 saturated carbocycles. The van der Waals surface area contributed by atoms with Crippen molar-refractivity contribution in [1.82, 2.24) is 10.2 Å². The fraction of sp³-hybridized carbons (Fsp3) is 0.484. The quantitative estimate of drug-likeness (QED) is 0.268. The Morgan fingerprint density at radius 1 is 1.23 bits per heavy atom. The highest BCUT2D eigenvalue weighted by atomic mass is 35.5. The average molecular weight is 588 g/mol. The predicted molar refractivity (Wildman–Crippen MR) is 162 cm³/mol. The van der Waals surface area contributed by atoms with Crippen LogP contribution in [-0.2, 0) is 22.6 Å². The van der Waals surface area contributed by atoms with Gasteiger partial charge in [-0.25, -0.2) is 0 Å². The Labute approximate surface area is 247 Å². The maximum atomic E-state index is 13.6. The molecule has 1 aliphatic rings. The number of aliphatic hydroxyl groups excluding tert-OH is 1. The molecule has 2 aromatic rings. The third-order valence-electron chi connectivity index (χ3n) is 7.37. The van der Waals surface area contributed by atoms with Crippen LogP contribution in [-0.4, -0.2) is 54.7 Å². The van der Waals surface area contributed by atoms with Gasteiger partial charge in [0.2, 0.25) is 11.8 Å². The van der Waals surface area contributed by atoms with Gasteiger partial charge in [-0.3, -0.25) is 9.59 Å². The Morgan fingerprint density at radius 2 is 1.95 bits per heavy atom. The number of ether oxygens (including phenoxy) is 1. The Bertz CT molecular complexity index is 1220. The lowest BCUT2D eigenvalue weighted by Crippen LogP contribution is -2.51. The van der Waals surface area contributed by atoms with Gasteiger partial charge in [0.15, 0.2) is 0 Å². The van der Waals surface area contributed by atoms with Gasteiger partial charge >= 0.3 is 0 Å². The number of carbonyl (C=O) groups is 2. The summed E-state index contributed by atoms with van der Waals surface area (Å²) < 4.78 is 5.95. The largest absolute Gasteiger partial charge is 0.497 e. The van der Waals surface area contributed by atoms with Crippen LogP contribution in [0.3, 0.4) is 0 Å². The van der Waals surface area contributed by atoms with Crippen molar-refractivity contribution in [3.05, 3.63) is 74.5 Å². The zero-order valence-electron chi connectivity index (χ0n) is 23.9. The lowest BCUT2D eigenvalue weighted by Gasteiger charge is -2.41. The number of nitrogens with two attached hydrogens (primary N) is 1. The zero-order valence-corrected chi connectivity index (χ0v) is 25.5. The van der Waals surface area contributed by atoms with E-state index >= 15 is 0 Å². The Balaban J connectivity index is 1.92. The second-order valence-corrected chi connectivity index (χ2v) is 12.3. The van der Waals surface area contributed by atoms with Crippen LogP contribution >= 0.6 is 22.9 Å². The number of thiophene rings is 1. The normalized spacial score (nSPS) is 18.4. The molecule has 0 spiro atoms. The molecule has 0 bridgehead atoms. The van der Waals surface area contributed by atoms with E-state index in [1.54, 1.807) is 7.11 Å². The average Bonchev–Trinajstić information content (AvgIpc) is 3.35. The molecule has 3 atom stereocenters. The summed E-state index contributed by atoms with van der Waals surface area (Å²) in [6, 6.07) is 11.4. The topological polar surface area (TPSA) is 105 Å². The number of rotatable bonds is 15. The second kappa shape index (κ2) is 14.8. The Kier molecular flexibility index (Phi) is 11.8. The van der Waals surface area contributed by atoms with Crippen molar-refractivity contribution >= 4 is 34.8 Å². The van der Waals surface area contributed by atoms with E-state index < -0.39 is 23.3 Å². The third kappa shape index (κ3) is 7.97. The highest BCUT2D eigenvalue weighted by molar-refractivity contribution is 7.16. The summed E-state index contributed by atoms with van der Waals surface area (Å²) in [5.74, 6) is -0.464.